The van der Waals surface area contributed by atoms with Crippen molar-refractivity contribution in [1.29, 1.82) is 0 Å². The summed E-state index contributed by atoms with van der Waals surface area (Å²) in [5, 5.41) is 3.98. The third-order valence-corrected chi connectivity index (χ3v) is 4.45. The van der Waals surface area contributed by atoms with E-state index in [9.17, 15) is 4.79 Å². The van der Waals surface area contributed by atoms with E-state index in [0.717, 1.165) is 26.4 Å². The Labute approximate surface area is 146 Å². The van der Waals surface area contributed by atoms with Crippen LogP contribution in [0.25, 0.3) is 21.9 Å². The fraction of sp³-hybridized carbons (Fsp3) is 0.111. The molecule has 0 bridgehead atoms. The van der Waals surface area contributed by atoms with E-state index < -0.39 is 0 Å². The molecule has 2 heterocycles. The molecule has 0 atom stereocenters. The number of aryl methyl sites for hydroxylation is 1. The highest BCUT2D eigenvalue weighted by molar-refractivity contribution is 9.10. The van der Waals surface area contributed by atoms with E-state index >= 15 is 0 Å². The van der Waals surface area contributed by atoms with Gasteiger partial charge in [-0.25, -0.2) is 4.98 Å². The minimum atomic E-state index is -0.0620. The molecule has 0 fully saturated rings. The molecule has 0 radical (unpaired) electrons. The van der Waals surface area contributed by atoms with E-state index in [1.54, 1.807) is 0 Å². The number of halogens is 1. The molecule has 6 heteroatoms. The number of carbonyl (C=O) groups is 1. The Kier molecular flexibility index (Phi) is 3.82. The summed E-state index contributed by atoms with van der Waals surface area (Å²) in [5.41, 5.74) is 2.87. The van der Waals surface area contributed by atoms with Gasteiger partial charge in [0, 0.05) is 34.5 Å². The topological polar surface area (TPSA) is 62.7 Å². The number of aromatic amines is 1. The Morgan fingerprint density at radius 3 is 2.96 bits per heavy atom. The highest BCUT2D eigenvalue weighted by atomic mass is 79.9. The summed E-state index contributed by atoms with van der Waals surface area (Å²) in [4.78, 5) is 19.6. The minimum absolute atomic E-state index is 0.0620. The van der Waals surface area contributed by atoms with Crippen LogP contribution in [0, 0.1) is 0 Å². The normalized spacial score (nSPS) is 11.2. The lowest BCUT2D eigenvalue weighted by atomic mass is 10.2. The number of rotatable bonds is 4. The Morgan fingerprint density at radius 1 is 1.21 bits per heavy atom. The monoisotopic (exact) mass is 382 g/mol. The van der Waals surface area contributed by atoms with Crippen LogP contribution in [0.1, 0.15) is 6.42 Å². The van der Waals surface area contributed by atoms with E-state index in [-0.39, 0.29) is 5.91 Å². The van der Waals surface area contributed by atoms with Crippen LogP contribution in [0.2, 0.25) is 0 Å². The van der Waals surface area contributed by atoms with Gasteiger partial charge in [0.25, 0.3) is 0 Å². The summed E-state index contributed by atoms with van der Waals surface area (Å²) in [6, 6.07) is 15.9. The number of imidazole rings is 1. The molecular weight excluding hydrogens is 368 g/mol. The molecule has 2 aromatic carbocycles. The van der Waals surface area contributed by atoms with Crippen molar-refractivity contribution in [2.75, 3.05) is 5.32 Å². The molecular formula is C18H15BrN4O. The van der Waals surface area contributed by atoms with Gasteiger partial charge < -0.3 is 9.55 Å². The molecule has 120 valence electrons. The van der Waals surface area contributed by atoms with Gasteiger partial charge in [0.15, 0.2) is 0 Å². The summed E-state index contributed by atoms with van der Waals surface area (Å²) >= 11 is 3.47. The third kappa shape index (κ3) is 2.92. The first kappa shape index (κ1) is 15.0. The number of H-pyrrole nitrogens is 1. The number of anilines is 1. The van der Waals surface area contributed by atoms with Gasteiger partial charge in [-0.3, -0.25) is 10.1 Å². The molecule has 4 rings (SSSR count). The Bertz CT molecular complexity index is 1000. The Hall–Kier alpha value is -2.60. The second kappa shape index (κ2) is 6.13. The van der Waals surface area contributed by atoms with Crippen LogP contribution in [-0.4, -0.2) is 20.4 Å². The van der Waals surface area contributed by atoms with Gasteiger partial charge >= 0.3 is 0 Å². The van der Waals surface area contributed by atoms with Crippen molar-refractivity contribution in [2.24, 2.45) is 0 Å². The molecule has 0 saturated heterocycles. The Morgan fingerprint density at radius 2 is 2.08 bits per heavy atom. The van der Waals surface area contributed by atoms with Gasteiger partial charge in [0.1, 0.15) is 0 Å². The van der Waals surface area contributed by atoms with Crippen LogP contribution in [-0.2, 0) is 11.3 Å². The van der Waals surface area contributed by atoms with E-state index in [1.807, 2.05) is 36.5 Å². The number of hydrogen-bond acceptors (Lipinski definition) is 2. The molecule has 0 unspecified atom stereocenters. The van der Waals surface area contributed by atoms with Crippen molar-refractivity contribution >= 4 is 49.7 Å². The molecule has 4 aromatic rings. The van der Waals surface area contributed by atoms with Crippen molar-refractivity contribution in [2.45, 2.75) is 13.0 Å². The second-order valence-corrected chi connectivity index (χ2v) is 6.53. The van der Waals surface area contributed by atoms with Crippen LogP contribution >= 0.6 is 15.9 Å². The number of fused-ring (bicyclic) bond motifs is 2. The van der Waals surface area contributed by atoms with E-state index in [2.05, 4.69) is 54.0 Å². The first-order valence-corrected chi connectivity index (χ1v) is 8.47. The lowest BCUT2D eigenvalue weighted by Gasteiger charge is -2.05. The lowest BCUT2D eigenvalue weighted by molar-refractivity contribution is -0.116. The number of nitrogens with zero attached hydrogens (tertiary/aromatic N) is 2. The van der Waals surface area contributed by atoms with Gasteiger partial charge in [-0.1, -0.05) is 28.1 Å². The van der Waals surface area contributed by atoms with Crippen LogP contribution in [0.15, 0.2) is 59.2 Å². The fourth-order valence-electron chi connectivity index (χ4n) is 2.79. The van der Waals surface area contributed by atoms with Gasteiger partial charge in [-0.05, 0) is 36.4 Å². The maximum Gasteiger partial charge on any atom is 0.228 e. The summed E-state index contributed by atoms with van der Waals surface area (Å²) in [5.74, 6) is 0.426. The van der Waals surface area contributed by atoms with E-state index in [0.29, 0.717) is 18.9 Å². The summed E-state index contributed by atoms with van der Waals surface area (Å²) < 4.78 is 3.13. The summed E-state index contributed by atoms with van der Waals surface area (Å²) in [6.45, 7) is 0.622. The fourth-order valence-corrected chi connectivity index (χ4v) is 3.17. The molecule has 0 aliphatic heterocycles. The maximum absolute atomic E-state index is 12.2. The van der Waals surface area contributed by atoms with Gasteiger partial charge in [-0.15, -0.1) is 0 Å². The first-order valence-electron chi connectivity index (χ1n) is 7.68. The SMILES string of the molecule is O=C(CCn1ccc2cc(Br)ccc21)Nc1nc2ccccc2[nH]1. The molecule has 2 aromatic heterocycles. The number of carbonyl (C=O) groups excluding carboxylic acids is 1. The minimum Gasteiger partial charge on any atom is -0.347 e. The average molecular weight is 383 g/mol. The van der Waals surface area contributed by atoms with Crippen LogP contribution < -0.4 is 5.32 Å². The average Bonchev–Trinajstić information content (AvgIpc) is 3.15. The maximum atomic E-state index is 12.2. The number of nitrogens with one attached hydrogen (secondary N) is 2. The van der Waals surface area contributed by atoms with Crippen LogP contribution in [0.4, 0.5) is 5.95 Å². The third-order valence-electron chi connectivity index (χ3n) is 3.96. The first-order chi connectivity index (χ1) is 11.7. The molecule has 0 spiro atoms. The van der Waals surface area contributed by atoms with Gasteiger partial charge in [-0.2, -0.15) is 0 Å². The molecule has 2 N–H and O–H groups in total. The van der Waals surface area contributed by atoms with E-state index in [1.165, 1.54) is 0 Å². The summed E-state index contributed by atoms with van der Waals surface area (Å²) in [6.07, 6.45) is 2.39. The molecule has 5 nitrogen and oxygen atoms in total. The van der Waals surface area contributed by atoms with Gasteiger partial charge in [0.05, 0.1) is 11.0 Å². The number of amides is 1. The van der Waals surface area contributed by atoms with Crippen molar-refractivity contribution < 1.29 is 4.79 Å². The number of para-hydroxylation sites is 2. The predicted molar refractivity (Wildman–Crippen MR) is 99.0 cm³/mol. The zero-order valence-corrected chi connectivity index (χ0v) is 14.4. The Balaban J connectivity index is 1.44. The molecule has 0 aliphatic rings. The number of hydrogen-bond donors (Lipinski definition) is 2. The molecule has 1 amide bonds. The van der Waals surface area contributed by atoms with E-state index in [4.69, 9.17) is 0 Å². The predicted octanol–water partition coefficient (Wildman–Crippen LogP) is 4.31. The van der Waals surface area contributed by atoms with Crippen molar-refractivity contribution in [1.82, 2.24) is 14.5 Å². The smallest absolute Gasteiger partial charge is 0.228 e. The van der Waals surface area contributed by atoms with Gasteiger partial charge in [0.2, 0.25) is 11.9 Å². The number of aromatic nitrogens is 3. The van der Waals surface area contributed by atoms with Crippen molar-refractivity contribution in [3.8, 4) is 0 Å². The largest absolute Gasteiger partial charge is 0.347 e. The molecule has 0 aliphatic carbocycles. The van der Waals surface area contributed by atoms with Crippen molar-refractivity contribution in [3.05, 3.63) is 59.2 Å². The van der Waals surface area contributed by atoms with Crippen LogP contribution in [0.5, 0.6) is 0 Å². The zero-order chi connectivity index (χ0) is 16.5. The molecule has 24 heavy (non-hydrogen) atoms. The molecule has 0 saturated carbocycles. The second-order valence-electron chi connectivity index (χ2n) is 5.61. The standard InChI is InChI=1S/C18H15BrN4O/c19-13-5-6-16-12(11-13)7-9-23(16)10-8-17(24)22-18-20-14-3-1-2-4-15(14)21-18/h1-7,9,11H,8,10H2,(H2,20,21,22,24). The summed E-state index contributed by atoms with van der Waals surface area (Å²) in [7, 11) is 0. The highest BCUT2D eigenvalue weighted by Gasteiger charge is 2.08. The lowest BCUT2D eigenvalue weighted by Crippen LogP contribution is -2.15. The quantitative estimate of drug-likeness (QED) is 0.552. The highest BCUT2D eigenvalue weighted by Crippen LogP contribution is 2.21. The zero-order valence-electron chi connectivity index (χ0n) is 12.8. The van der Waals surface area contributed by atoms with Crippen molar-refractivity contribution in [3.63, 3.8) is 0 Å². The van der Waals surface area contributed by atoms with Crippen LogP contribution in [0.3, 0.4) is 0 Å². The number of benzene rings is 2.